The Hall–Kier alpha value is -3.77. The van der Waals surface area contributed by atoms with Gasteiger partial charge in [0.25, 0.3) is 5.91 Å². The van der Waals surface area contributed by atoms with Crippen molar-refractivity contribution in [3.63, 3.8) is 0 Å². The molecule has 0 saturated heterocycles. The van der Waals surface area contributed by atoms with Gasteiger partial charge in [-0.15, -0.1) is 11.3 Å². The van der Waals surface area contributed by atoms with E-state index in [0.717, 1.165) is 20.8 Å². The van der Waals surface area contributed by atoms with Crippen molar-refractivity contribution in [3.8, 4) is 10.6 Å². The number of carbonyl (C=O) groups is 1. The van der Waals surface area contributed by atoms with Crippen molar-refractivity contribution >= 4 is 44.1 Å². The van der Waals surface area contributed by atoms with Crippen LogP contribution in [0.2, 0.25) is 0 Å². The molecule has 0 radical (unpaired) electrons. The average molecular weight is 398 g/mol. The normalized spacial score (nSPS) is 11.0. The molecule has 5 aromatic rings. The van der Waals surface area contributed by atoms with Crippen molar-refractivity contribution in [2.75, 3.05) is 5.32 Å². The summed E-state index contributed by atoms with van der Waals surface area (Å²) in [7, 11) is 0. The largest absolute Gasteiger partial charge is 0.463 e. The van der Waals surface area contributed by atoms with E-state index >= 15 is 0 Å². The molecule has 0 spiro atoms. The van der Waals surface area contributed by atoms with Crippen LogP contribution in [0.3, 0.4) is 0 Å². The maximum absolute atomic E-state index is 12.7. The third-order valence-electron chi connectivity index (χ3n) is 4.59. The topological polar surface area (TPSA) is 72.2 Å². The summed E-state index contributed by atoms with van der Waals surface area (Å²) >= 11 is 1.59. The van der Waals surface area contributed by atoms with Gasteiger partial charge in [-0.25, -0.2) is 4.98 Å². The first-order chi connectivity index (χ1) is 14.2. The third kappa shape index (κ3) is 3.19. The Balaban J connectivity index is 1.46. The third-order valence-corrected chi connectivity index (χ3v) is 5.67. The fraction of sp³-hybridized carbons (Fsp3) is 0. The van der Waals surface area contributed by atoms with Gasteiger partial charge in [-0.2, -0.15) is 0 Å². The molecule has 5 nitrogen and oxygen atoms in total. The van der Waals surface area contributed by atoms with Gasteiger partial charge < -0.3 is 9.73 Å². The van der Waals surface area contributed by atoms with Crippen LogP contribution in [0, 0.1) is 0 Å². The van der Waals surface area contributed by atoms with Gasteiger partial charge in [0.1, 0.15) is 22.4 Å². The number of anilines is 1. The highest BCUT2D eigenvalue weighted by atomic mass is 32.1. The summed E-state index contributed by atoms with van der Waals surface area (Å²) in [6.45, 7) is 0. The van der Waals surface area contributed by atoms with Crippen LogP contribution in [0.1, 0.15) is 10.4 Å². The maximum atomic E-state index is 12.7. The van der Waals surface area contributed by atoms with Gasteiger partial charge in [0.15, 0.2) is 0 Å². The number of carbonyl (C=O) groups excluding carboxylic acids is 1. The first-order valence-electron chi connectivity index (χ1n) is 8.97. The van der Waals surface area contributed by atoms with Crippen molar-refractivity contribution in [3.05, 3.63) is 94.8 Å². The van der Waals surface area contributed by atoms with Crippen LogP contribution in [-0.2, 0) is 0 Å². The number of nitrogens with one attached hydrogen (secondary N) is 1. The van der Waals surface area contributed by atoms with E-state index in [9.17, 15) is 9.59 Å². The number of benzene rings is 3. The van der Waals surface area contributed by atoms with Gasteiger partial charge in [-0.1, -0.05) is 36.4 Å². The highest BCUT2D eigenvalue weighted by Gasteiger charge is 2.15. The molecule has 0 saturated carbocycles. The van der Waals surface area contributed by atoms with E-state index in [-0.39, 0.29) is 11.0 Å². The maximum Gasteiger partial charge on any atom is 0.262 e. The van der Waals surface area contributed by atoms with Gasteiger partial charge >= 0.3 is 0 Å². The molecule has 0 aliphatic heterocycles. The molecule has 6 heteroatoms. The quantitative estimate of drug-likeness (QED) is 0.446. The number of hydrogen-bond donors (Lipinski definition) is 1. The highest BCUT2D eigenvalue weighted by molar-refractivity contribution is 7.21. The lowest BCUT2D eigenvalue weighted by atomic mass is 10.1. The van der Waals surface area contributed by atoms with E-state index in [4.69, 9.17) is 4.42 Å². The molecule has 2 heterocycles. The van der Waals surface area contributed by atoms with Crippen LogP contribution < -0.4 is 10.7 Å². The summed E-state index contributed by atoms with van der Waals surface area (Å²) in [5, 5.41) is 4.03. The number of hydrogen-bond acceptors (Lipinski definition) is 5. The van der Waals surface area contributed by atoms with Crippen molar-refractivity contribution < 1.29 is 9.21 Å². The Bertz CT molecular complexity index is 1400. The van der Waals surface area contributed by atoms with Gasteiger partial charge in [-0.3, -0.25) is 9.59 Å². The molecule has 1 amide bonds. The monoisotopic (exact) mass is 398 g/mol. The molecule has 0 atom stereocenters. The molecule has 29 heavy (non-hydrogen) atoms. The zero-order valence-electron chi connectivity index (χ0n) is 15.1. The summed E-state index contributed by atoms with van der Waals surface area (Å²) < 4.78 is 6.54. The molecule has 0 aliphatic rings. The average Bonchev–Trinajstić information content (AvgIpc) is 3.19. The number of para-hydroxylation sites is 2. The molecule has 0 bridgehead atoms. The second kappa shape index (κ2) is 7.00. The molecule has 2 aromatic heterocycles. The van der Waals surface area contributed by atoms with Gasteiger partial charge in [0, 0.05) is 11.3 Å². The lowest BCUT2D eigenvalue weighted by Gasteiger charge is -2.06. The first kappa shape index (κ1) is 17.3. The fourth-order valence-electron chi connectivity index (χ4n) is 3.16. The van der Waals surface area contributed by atoms with E-state index < -0.39 is 5.91 Å². The molecule has 0 unspecified atom stereocenters. The van der Waals surface area contributed by atoms with Crippen LogP contribution in [0.5, 0.6) is 0 Å². The number of rotatable bonds is 3. The van der Waals surface area contributed by atoms with Gasteiger partial charge in [0.05, 0.1) is 15.6 Å². The van der Waals surface area contributed by atoms with E-state index in [2.05, 4.69) is 10.3 Å². The Kier molecular flexibility index (Phi) is 4.18. The first-order valence-corrected chi connectivity index (χ1v) is 9.78. The van der Waals surface area contributed by atoms with E-state index in [1.165, 1.54) is 6.26 Å². The minimum Gasteiger partial charge on any atom is -0.463 e. The highest BCUT2D eigenvalue weighted by Crippen LogP contribution is 2.31. The van der Waals surface area contributed by atoms with Crippen molar-refractivity contribution in [2.24, 2.45) is 0 Å². The molecule has 5 rings (SSSR count). The Morgan fingerprint density at radius 3 is 2.69 bits per heavy atom. The number of nitrogens with zero attached hydrogens (tertiary/aromatic N) is 1. The summed E-state index contributed by atoms with van der Waals surface area (Å²) in [5.74, 6) is -0.508. The van der Waals surface area contributed by atoms with Gasteiger partial charge in [-0.05, 0) is 36.4 Å². The summed E-state index contributed by atoms with van der Waals surface area (Å²) in [6, 6.07) is 22.2. The molecule has 1 N–H and O–H groups in total. The number of thiazole rings is 1. The van der Waals surface area contributed by atoms with E-state index in [0.29, 0.717) is 16.7 Å². The summed E-state index contributed by atoms with van der Waals surface area (Å²) in [6.07, 6.45) is 1.21. The van der Waals surface area contributed by atoms with Crippen LogP contribution >= 0.6 is 11.3 Å². The molecule has 0 aliphatic carbocycles. The van der Waals surface area contributed by atoms with Crippen LogP contribution in [0.15, 0.2) is 88.3 Å². The molecular formula is C23H14N2O3S. The minimum absolute atomic E-state index is 0.0332. The lowest BCUT2D eigenvalue weighted by molar-refractivity contribution is 0.102. The summed E-state index contributed by atoms with van der Waals surface area (Å²) in [5.41, 5.74) is 2.48. The van der Waals surface area contributed by atoms with Crippen LogP contribution in [0.25, 0.3) is 31.8 Å². The molecule has 140 valence electrons. The zero-order valence-corrected chi connectivity index (χ0v) is 15.9. The Morgan fingerprint density at radius 2 is 1.79 bits per heavy atom. The minimum atomic E-state index is -0.508. The number of amides is 1. The van der Waals surface area contributed by atoms with Crippen molar-refractivity contribution in [1.29, 1.82) is 0 Å². The number of aromatic nitrogens is 1. The smallest absolute Gasteiger partial charge is 0.262 e. The summed E-state index contributed by atoms with van der Waals surface area (Å²) in [4.78, 5) is 30.0. The van der Waals surface area contributed by atoms with E-state index in [1.807, 2.05) is 42.5 Å². The van der Waals surface area contributed by atoms with Crippen LogP contribution in [-0.4, -0.2) is 10.9 Å². The van der Waals surface area contributed by atoms with Crippen molar-refractivity contribution in [2.45, 2.75) is 0 Å². The predicted octanol–water partition coefficient (Wildman–Crippen LogP) is 5.32. The zero-order chi connectivity index (χ0) is 19.8. The second-order valence-corrected chi connectivity index (χ2v) is 7.53. The lowest BCUT2D eigenvalue weighted by Crippen LogP contribution is -2.21. The fourth-order valence-corrected chi connectivity index (χ4v) is 4.12. The SMILES string of the molecule is O=C(Nc1cccc(-c2nc3ccccc3s2)c1)c1coc2ccccc2c1=O. The molecule has 0 fully saturated rings. The Morgan fingerprint density at radius 1 is 0.966 bits per heavy atom. The van der Waals surface area contributed by atoms with Crippen LogP contribution in [0.4, 0.5) is 5.69 Å². The Labute approximate surface area is 169 Å². The molecular weight excluding hydrogens is 384 g/mol. The second-order valence-electron chi connectivity index (χ2n) is 6.50. The predicted molar refractivity (Wildman–Crippen MR) is 115 cm³/mol. The van der Waals surface area contributed by atoms with Gasteiger partial charge in [0.2, 0.25) is 5.43 Å². The standard InChI is InChI=1S/C23H14N2O3S/c26-21-16-8-1-3-10-19(16)28-13-17(21)22(27)24-15-7-5-6-14(12-15)23-25-18-9-2-4-11-20(18)29-23/h1-13H,(H,24,27). The molecule has 3 aromatic carbocycles. The number of fused-ring (bicyclic) bond motifs is 2. The van der Waals surface area contributed by atoms with E-state index in [1.54, 1.807) is 41.7 Å². The van der Waals surface area contributed by atoms with Crippen molar-refractivity contribution in [1.82, 2.24) is 4.98 Å².